The van der Waals surface area contributed by atoms with Crippen LogP contribution in [0.15, 0.2) is 48.0 Å². The van der Waals surface area contributed by atoms with E-state index in [0.29, 0.717) is 52.8 Å². The molecule has 0 bridgehead atoms. The lowest BCUT2D eigenvalue weighted by molar-refractivity contribution is -0.137. The molecule has 13 nitrogen and oxygen atoms in total. The first-order chi connectivity index (χ1) is 30.7. The van der Waals surface area contributed by atoms with E-state index in [4.69, 9.17) is 4.98 Å². The molecule has 0 radical (unpaired) electrons. The fourth-order valence-electron chi connectivity index (χ4n) is 9.48. The first kappa shape index (κ1) is 46.7. The number of halogens is 4. The number of carbonyl (C=O) groups excluding carboxylic acids is 4. The minimum Gasteiger partial charge on any atom is -0.352 e. The lowest BCUT2D eigenvalue weighted by Crippen LogP contribution is -2.54. The molecule has 2 aliphatic heterocycles. The molecule has 0 saturated carbocycles. The smallest absolute Gasteiger partial charge is 0.249 e. The van der Waals surface area contributed by atoms with Gasteiger partial charge in [0.25, 0.3) is 0 Å². The number of carbonyl (C=O) groups is 4. The van der Waals surface area contributed by atoms with Gasteiger partial charge in [0.1, 0.15) is 36.1 Å². The molecule has 2 fully saturated rings. The zero-order valence-electron chi connectivity index (χ0n) is 37.3. The van der Waals surface area contributed by atoms with E-state index in [0.717, 1.165) is 31.3 Å². The number of likely N-dealkylation sites (tertiary alicyclic amines) is 2. The van der Waals surface area contributed by atoms with Gasteiger partial charge in [-0.2, -0.15) is 0 Å². The molecule has 2 aromatic carbocycles. The first-order valence-corrected chi connectivity index (χ1v) is 22.7. The molecule has 4 heterocycles. The van der Waals surface area contributed by atoms with Gasteiger partial charge in [-0.1, -0.05) is 25.8 Å². The van der Waals surface area contributed by atoms with Crippen molar-refractivity contribution in [3.8, 4) is 11.5 Å². The van der Waals surface area contributed by atoms with E-state index in [1.54, 1.807) is 44.6 Å². The summed E-state index contributed by atoms with van der Waals surface area (Å²) in [5.41, 5.74) is 3.00. The van der Waals surface area contributed by atoms with Crippen molar-refractivity contribution in [1.82, 2.24) is 45.6 Å². The lowest BCUT2D eigenvalue weighted by Gasteiger charge is -2.32. The van der Waals surface area contributed by atoms with Crippen LogP contribution in [0.25, 0.3) is 33.5 Å². The third kappa shape index (κ3) is 9.99. The summed E-state index contributed by atoms with van der Waals surface area (Å²) in [4.78, 5) is 66.4. The summed E-state index contributed by atoms with van der Waals surface area (Å²) < 4.78 is 62.9. The minimum atomic E-state index is -1.36. The van der Waals surface area contributed by atoms with Gasteiger partial charge < -0.3 is 40.6 Å². The number of alkyl halides is 2. The van der Waals surface area contributed by atoms with E-state index < -0.39 is 72.0 Å². The second kappa shape index (κ2) is 20.3. The van der Waals surface area contributed by atoms with Gasteiger partial charge in [-0.05, 0) is 108 Å². The molecule has 4 amide bonds. The number of nitrogens with zero attached hydrogens (tertiary/aromatic N) is 4. The number of allylic oxidation sites excluding steroid dienone is 1. The van der Waals surface area contributed by atoms with Crippen LogP contribution >= 0.6 is 0 Å². The van der Waals surface area contributed by atoms with E-state index in [1.165, 1.54) is 34.1 Å². The Balaban J connectivity index is 1.27. The predicted octanol–water partition coefficient (Wildman–Crippen LogP) is 5.76. The second-order valence-corrected chi connectivity index (χ2v) is 17.7. The van der Waals surface area contributed by atoms with Gasteiger partial charge in [0.2, 0.25) is 23.6 Å². The minimum absolute atomic E-state index is 0.0106. The van der Waals surface area contributed by atoms with Gasteiger partial charge in [-0.3, -0.25) is 19.2 Å². The maximum Gasteiger partial charge on any atom is 0.249 e. The third-order valence-electron chi connectivity index (χ3n) is 13.3. The number of aromatic amines is 1. The van der Waals surface area contributed by atoms with Gasteiger partial charge in [-0.25, -0.2) is 22.5 Å². The fraction of sp³-hybridized carbons (Fsp3) is 0.553. The highest BCUT2D eigenvalue weighted by atomic mass is 19.1. The Morgan fingerprint density at radius 3 is 2.19 bits per heavy atom. The molecule has 17 heteroatoms. The number of fused-ring (bicyclic) bond motifs is 2. The highest BCUT2D eigenvalue weighted by molar-refractivity contribution is 5.94. The molecule has 0 spiro atoms. The van der Waals surface area contributed by atoms with Crippen LogP contribution in [-0.4, -0.2) is 124 Å². The summed E-state index contributed by atoms with van der Waals surface area (Å²) >= 11 is 0. The van der Waals surface area contributed by atoms with Crippen LogP contribution in [-0.2, 0) is 32.1 Å². The molecule has 64 heavy (non-hydrogen) atoms. The summed E-state index contributed by atoms with van der Waals surface area (Å²) in [5, 5.41) is 12.2. The predicted molar refractivity (Wildman–Crippen MR) is 238 cm³/mol. The molecular formula is C47H61F4N9O4. The summed E-state index contributed by atoms with van der Waals surface area (Å²) in [6, 6.07) is 4.01. The number of nitrogens with one attached hydrogen (secondary N) is 5. The van der Waals surface area contributed by atoms with E-state index in [1.807, 2.05) is 13.0 Å². The van der Waals surface area contributed by atoms with Crippen LogP contribution < -0.4 is 21.3 Å². The van der Waals surface area contributed by atoms with Crippen molar-refractivity contribution in [1.29, 1.82) is 0 Å². The number of likely N-dealkylation sites (N-methyl/N-ethyl adjacent to an activating group) is 2. The maximum atomic E-state index is 15.7. The van der Waals surface area contributed by atoms with Crippen molar-refractivity contribution in [2.24, 2.45) is 0 Å². The largest absolute Gasteiger partial charge is 0.352 e. The van der Waals surface area contributed by atoms with Crippen LogP contribution in [0.2, 0.25) is 0 Å². The van der Waals surface area contributed by atoms with Gasteiger partial charge in [-0.15, -0.1) is 0 Å². The van der Waals surface area contributed by atoms with Gasteiger partial charge >= 0.3 is 0 Å². The number of hydrogen-bond donors (Lipinski definition) is 5. The fourth-order valence-corrected chi connectivity index (χ4v) is 9.48. The highest BCUT2D eigenvalue weighted by Gasteiger charge is 2.42. The molecule has 3 aliphatic rings. The molecule has 2 aromatic heterocycles. The van der Waals surface area contributed by atoms with Crippen molar-refractivity contribution in [3.63, 3.8) is 0 Å². The number of amides is 4. The van der Waals surface area contributed by atoms with Gasteiger partial charge in [0.15, 0.2) is 5.82 Å². The molecule has 4 aromatic rings. The molecule has 5 N–H and O–H groups in total. The monoisotopic (exact) mass is 891 g/mol. The summed E-state index contributed by atoms with van der Waals surface area (Å²) in [6.07, 6.45) is 4.40. The van der Waals surface area contributed by atoms with Crippen LogP contribution in [0.4, 0.5) is 17.6 Å². The quantitative estimate of drug-likeness (QED) is 0.0667. The molecular weight excluding hydrogens is 831 g/mol. The van der Waals surface area contributed by atoms with Crippen molar-refractivity contribution in [3.05, 3.63) is 65.2 Å². The SMILES string of the molecule is CCCC[C@H](NC(=O)[C@H](C)NC)C(=O)N1C[C@@H](F)C[C@H]1Cc1c(-c2nc3cc(F)ccc3n2C[C@@H]2C[C@H](F)CN2C(=O)[C@@H](NC(=O)[C@H](C)NC)C2=CCCCC2)[nH]c2cc(F)ccc12. The van der Waals surface area contributed by atoms with Crippen molar-refractivity contribution >= 4 is 45.6 Å². The topological polar surface area (TPSA) is 156 Å². The third-order valence-corrected chi connectivity index (χ3v) is 13.3. The summed E-state index contributed by atoms with van der Waals surface area (Å²) in [5.74, 6) is -2.28. The second-order valence-electron chi connectivity index (χ2n) is 17.7. The molecule has 0 unspecified atom stereocenters. The average Bonchev–Trinajstić information content (AvgIpc) is 4.05. The number of rotatable bonds is 17. The van der Waals surface area contributed by atoms with Crippen molar-refractivity contribution < 1.29 is 36.7 Å². The summed E-state index contributed by atoms with van der Waals surface area (Å²) in [7, 11) is 3.30. The standard InChI is InChI=1S/C47H61F4N9O4/c1-6-7-13-37(56-44(61)26(2)52-4)46(63)58-23-31(50)18-33(58)22-36-35-16-14-29(48)20-38(35)54-42(36)43-55-39-21-30(49)15-17-40(39)60(43)25-34-19-32(51)24-59(34)47(64)41(28-11-9-8-10-12-28)57-45(62)27(3)53-5/h11,14-17,20-21,26-27,31-34,37,41,52-54H,6-10,12-13,18-19,22-25H2,1-5H3,(H,56,61)(H,57,62)/t26-,27-,31-,32-,33-,34-,37-,41-/m0/s1. The normalized spacial score (nSPS) is 22.1. The van der Waals surface area contributed by atoms with Gasteiger partial charge in [0, 0.05) is 42.4 Å². The molecule has 1 aliphatic carbocycles. The Morgan fingerprint density at radius 2 is 1.52 bits per heavy atom. The number of aromatic nitrogens is 3. The summed E-state index contributed by atoms with van der Waals surface area (Å²) in [6.45, 7) is 5.03. The molecule has 8 atom stereocenters. The maximum absolute atomic E-state index is 15.7. The zero-order valence-corrected chi connectivity index (χ0v) is 37.3. The Bertz CT molecular complexity index is 2380. The van der Waals surface area contributed by atoms with Crippen LogP contribution in [0.1, 0.15) is 84.1 Å². The van der Waals surface area contributed by atoms with Crippen molar-refractivity contribution in [2.45, 2.75) is 140 Å². The Morgan fingerprint density at radius 1 is 0.859 bits per heavy atom. The van der Waals surface area contributed by atoms with E-state index in [-0.39, 0.29) is 56.2 Å². The Hall–Kier alpha value is -5.29. The Labute approximate surface area is 371 Å². The van der Waals surface area contributed by atoms with Crippen molar-refractivity contribution in [2.75, 3.05) is 27.2 Å². The number of unbranched alkanes of at least 4 members (excludes halogenated alkanes) is 1. The average molecular weight is 892 g/mol. The Kier molecular flexibility index (Phi) is 14.8. The number of H-pyrrole nitrogens is 1. The van der Waals surface area contributed by atoms with Gasteiger partial charge in [0.05, 0.1) is 47.9 Å². The highest BCUT2D eigenvalue weighted by Crippen LogP contribution is 2.38. The number of benzene rings is 2. The molecule has 7 rings (SSSR count). The van der Waals surface area contributed by atoms with Crippen LogP contribution in [0, 0.1) is 11.6 Å². The van der Waals surface area contributed by atoms with E-state index in [9.17, 15) is 28.0 Å². The number of imidazole rings is 1. The van der Waals surface area contributed by atoms with E-state index >= 15 is 8.78 Å². The molecule has 346 valence electrons. The first-order valence-electron chi connectivity index (χ1n) is 22.7. The van der Waals surface area contributed by atoms with Crippen LogP contribution in [0.3, 0.4) is 0 Å². The van der Waals surface area contributed by atoms with E-state index in [2.05, 4.69) is 26.3 Å². The molecule has 2 saturated heterocycles. The number of hydrogen-bond acceptors (Lipinski definition) is 7. The van der Waals surface area contributed by atoms with Crippen LogP contribution in [0.5, 0.6) is 0 Å². The zero-order chi connectivity index (χ0) is 45.8. The lowest BCUT2D eigenvalue weighted by atomic mass is 9.92.